The van der Waals surface area contributed by atoms with Crippen molar-refractivity contribution in [2.75, 3.05) is 0 Å². The SMILES string of the molecule is CC(C)CCCCCC(N=C=O)N=C=O. The van der Waals surface area contributed by atoms with E-state index in [0.29, 0.717) is 6.42 Å². The Morgan fingerprint density at radius 1 is 0.933 bits per heavy atom. The zero-order valence-corrected chi connectivity index (χ0v) is 9.40. The quantitative estimate of drug-likeness (QED) is 0.351. The monoisotopic (exact) mass is 210 g/mol. The fraction of sp³-hybridized carbons (Fsp3) is 0.818. The minimum atomic E-state index is -0.570. The van der Waals surface area contributed by atoms with Crippen molar-refractivity contribution in [3.63, 3.8) is 0 Å². The molecule has 0 aliphatic heterocycles. The molecular weight excluding hydrogens is 192 g/mol. The van der Waals surface area contributed by atoms with Gasteiger partial charge in [-0.3, -0.25) is 0 Å². The van der Waals surface area contributed by atoms with Crippen molar-refractivity contribution in [3.05, 3.63) is 0 Å². The molecule has 0 spiro atoms. The predicted octanol–water partition coefficient (Wildman–Crippen LogP) is 2.59. The largest absolute Gasteiger partial charge is 0.237 e. The van der Waals surface area contributed by atoms with E-state index in [2.05, 4.69) is 23.8 Å². The zero-order valence-electron chi connectivity index (χ0n) is 9.40. The Kier molecular flexibility index (Phi) is 8.55. The third-order valence-corrected chi connectivity index (χ3v) is 2.15. The van der Waals surface area contributed by atoms with Gasteiger partial charge < -0.3 is 0 Å². The average molecular weight is 210 g/mol. The molecule has 0 bridgehead atoms. The molecule has 0 aromatic heterocycles. The number of aliphatic imine (C=N–C) groups is 2. The first-order valence-electron chi connectivity index (χ1n) is 5.34. The molecule has 0 atom stereocenters. The van der Waals surface area contributed by atoms with Crippen molar-refractivity contribution in [1.82, 2.24) is 0 Å². The summed E-state index contributed by atoms with van der Waals surface area (Å²) in [6.07, 6.45) is 7.26. The lowest BCUT2D eigenvalue weighted by Crippen LogP contribution is -1.99. The molecule has 4 nitrogen and oxygen atoms in total. The molecule has 4 heteroatoms. The minimum Gasteiger partial charge on any atom is -0.211 e. The molecule has 0 amide bonds. The summed E-state index contributed by atoms with van der Waals surface area (Å²) < 4.78 is 0. The molecule has 0 N–H and O–H groups in total. The van der Waals surface area contributed by atoms with Crippen LogP contribution in [0.1, 0.15) is 46.0 Å². The first-order chi connectivity index (χ1) is 7.20. The van der Waals surface area contributed by atoms with Crippen LogP contribution in [0, 0.1) is 5.92 Å². The summed E-state index contributed by atoms with van der Waals surface area (Å²) in [5.74, 6) is 0.724. The second kappa shape index (κ2) is 9.32. The summed E-state index contributed by atoms with van der Waals surface area (Å²) in [6.45, 7) is 4.38. The number of unbranched alkanes of at least 4 members (excludes halogenated alkanes) is 2. The lowest BCUT2D eigenvalue weighted by molar-refractivity contribution is 0.497. The Morgan fingerprint density at radius 3 is 1.93 bits per heavy atom. The third kappa shape index (κ3) is 9.07. The first kappa shape index (κ1) is 13.8. The molecule has 0 saturated carbocycles. The van der Waals surface area contributed by atoms with Gasteiger partial charge in [-0.15, -0.1) is 0 Å². The van der Waals surface area contributed by atoms with E-state index in [9.17, 15) is 9.59 Å². The maximum atomic E-state index is 9.99. The summed E-state index contributed by atoms with van der Waals surface area (Å²) in [4.78, 5) is 26.8. The zero-order chi connectivity index (χ0) is 11.5. The molecule has 15 heavy (non-hydrogen) atoms. The topological polar surface area (TPSA) is 58.9 Å². The Bertz CT molecular complexity index is 233. The van der Waals surface area contributed by atoms with Gasteiger partial charge in [0.1, 0.15) is 0 Å². The second-order valence-corrected chi connectivity index (χ2v) is 3.95. The van der Waals surface area contributed by atoms with Gasteiger partial charge in [0.05, 0.1) is 0 Å². The van der Waals surface area contributed by atoms with Crippen LogP contribution in [0.15, 0.2) is 9.98 Å². The average Bonchev–Trinajstić information content (AvgIpc) is 2.17. The van der Waals surface area contributed by atoms with Crippen LogP contribution in [0.3, 0.4) is 0 Å². The van der Waals surface area contributed by atoms with E-state index in [1.54, 1.807) is 0 Å². The molecule has 0 unspecified atom stereocenters. The lowest BCUT2D eigenvalue weighted by Gasteiger charge is -2.05. The number of rotatable bonds is 8. The van der Waals surface area contributed by atoms with E-state index in [1.807, 2.05) is 0 Å². The predicted molar refractivity (Wildman–Crippen MR) is 58.0 cm³/mol. The summed E-state index contributed by atoms with van der Waals surface area (Å²) in [6, 6.07) is 0. The molecule has 0 aromatic carbocycles. The Labute approximate surface area is 90.5 Å². The molecule has 0 aliphatic rings. The van der Waals surface area contributed by atoms with Crippen LogP contribution in [-0.2, 0) is 9.59 Å². The Morgan fingerprint density at radius 2 is 1.47 bits per heavy atom. The van der Waals surface area contributed by atoms with Crippen molar-refractivity contribution in [2.45, 2.75) is 52.1 Å². The molecule has 0 heterocycles. The van der Waals surface area contributed by atoms with E-state index in [1.165, 1.54) is 25.0 Å². The van der Waals surface area contributed by atoms with Crippen molar-refractivity contribution in [2.24, 2.45) is 15.9 Å². The van der Waals surface area contributed by atoms with Gasteiger partial charge in [0.15, 0.2) is 6.17 Å². The first-order valence-corrected chi connectivity index (χ1v) is 5.34. The van der Waals surface area contributed by atoms with E-state index < -0.39 is 6.17 Å². The molecule has 0 aliphatic carbocycles. The summed E-state index contributed by atoms with van der Waals surface area (Å²) in [5, 5.41) is 0. The highest BCUT2D eigenvalue weighted by Gasteiger charge is 2.03. The number of hydrogen-bond acceptors (Lipinski definition) is 4. The van der Waals surface area contributed by atoms with Gasteiger partial charge in [-0.1, -0.05) is 33.1 Å². The van der Waals surface area contributed by atoms with Crippen molar-refractivity contribution >= 4 is 12.2 Å². The molecular formula is C11H18N2O2. The molecule has 84 valence electrons. The van der Waals surface area contributed by atoms with Crippen LogP contribution in [-0.4, -0.2) is 18.3 Å². The maximum Gasteiger partial charge on any atom is 0.237 e. The lowest BCUT2D eigenvalue weighted by atomic mass is 10.0. The van der Waals surface area contributed by atoms with Gasteiger partial charge in [-0.2, -0.15) is 9.98 Å². The summed E-state index contributed by atoms with van der Waals surface area (Å²) in [5.41, 5.74) is 0. The number of isocyanates is 2. The molecule has 0 saturated heterocycles. The minimum absolute atomic E-state index is 0.570. The molecule has 0 fully saturated rings. The Hall–Kier alpha value is -1.24. The molecule has 0 aromatic rings. The molecule has 0 radical (unpaired) electrons. The van der Waals surface area contributed by atoms with Crippen LogP contribution < -0.4 is 0 Å². The smallest absolute Gasteiger partial charge is 0.211 e. The van der Waals surface area contributed by atoms with Gasteiger partial charge >= 0.3 is 0 Å². The normalized spacial score (nSPS) is 11.7. The van der Waals surface area contributed by atoms with E-state index in [0.717, 1.165) is 18.8 Å². The van der Waals surface area contributed by atoms with E-state index in [-0.39, 0.29) is 0 Å². The second-order valence-electron chi connectivity index (χ2n) is 3.95. The summed E-state index contributed by atoms with van der Waals surface area (Å²) >= 11 is 0. The van der Waals surface area contributed by atoms with E-state index in [4.69, 9.17) is 0 Å². The highest BCUT2D eigenvalue weighted by Crippen LogP contribution is 2.11. The van der Waals surface area contributed by atoms with Gasteiger partial charge in [0.2, 0.25) is 12.2 Å². The third-order valence-electron chi connectivity index (χ3n) is 2.15. The van der Waals surface area contributed by atoms with Crippen LogP contribution in [0.4, 0.5) is 0 Å². The van der Waals surface area contributed by atoms with E-state index >= 15 is 0 Å². The van der Waals surface area contributed by atoms with Crippen LogP contribution in [0.25, 0.3) is 0 Å². The van der Waals surface area contributed by atoms with Gasteiger partial charge in [0.25, 0.3) is 0 Å². The van der Waals surface area contributed by atoms with Gasteiger partial charge in [-0.25, -0.2) is 9.59 Å². The number of nitrogens with zero attached hydrogens (tertiary/aromatic N) is 2. The maximum absolute atomic E-state index is 9.99. The fourth-order valence-corrected chi connectivity index (χ4v) is 1.34. The van der Waals surface area contributed by atoms with Gasteiger partial charge in [-0.05, 0) is 18.8 Å². The molecule has 0 rings (SSSR count). The van der Waals surface area contributed by atoms with Crippen molar-refractivity contribution in [3.8, 4) is 0 Å². The highest BCUT2D eigenvalue weighted by molar-refractivity contribution is 5.36. The summed E-state index contributed by atoms with van der Waals surface area (Å²) in [7, 11) is 0. The van der Waals surface area contributed by atoms with Crippen molar-refractivity contribution in [1.29, 1.82) is 0 Å². The van der Waals surface area contributed by atoms with Gasteiger partial charge in [0, 0.05) is 0 Å². The fourth-order valence-electron chi connectivity index (χ4n) is 1.34. The number of carbonyl (C=O) groups excluding carboxylic acids is 2. The van der Waals surface area contributed by atoms with Crippen LogP contribution in [0.5, 0.6) is 0 Å². The highest BCUT2D eigenvalue weighted by atomic mass is 16.1. The van der Waals surface area contributed by atoms with Crippen molar-refractivity contribution < 1.29 is 9.59 Å². The Balaban J connectivity index is 3.62. The standard InChI is InChI=1S/C11H18N2O2/c1-10(2)6-4-3-5-7-11(12-8-14)13-9-15/h10-11H,3-7H2,1-2H3. The van der Waals surface area contributed by atoms with Crippen LogP contribution in [0.2, 0.25) is 0 Å². The number of hydrogen-bond donors (Lipinski definition) is 0. The van der Waals surface area contributed by atoms with Crippen LogP contribution >= 0.6 is 0 Å².